The van der Waals surface area contributed by atoms with Crippen LogP contribution in [0.25, 0.3) is 0 Å². The van der Waals surface area contributed by atoms with E-state index in [1.165, 1.54) is 6.92 Å². The van der Waals surface area contributed by atoms with Gasteiger partial charge in [-0.05, 0) is 50.4 Å². The van der Waals surface area contributed by atoms with Crippen LogP contribution >= 0.6 is 0 Å². The number of hydrogen-bond acceptors (Lipinski definition) is 5. The Bertz CT molecular complexity index is 500. The van der Waals surface area contributed by atoms with Crippen molar-refractivity contribution in [3.05, 3.63) is 12.7 Å². The molecule has 0 bridgehead atoms. The number of allylic oxidation sites excluding steroid dienone is 1. The number of ether oxygens (including phenoxy) is 2. The Kier molecular flexibility index (Phi) is 17.1. The summed E-state index contributed by atoms with van der Waals surface area (Å²) in [6.45, 7) is 11.8. The van der Waals surface area contributed by atoms with Gasteiger partial charge in [-0.1, -0.05) is 59.0 Å². The molecule has 0 aromatic rings. The second-order valence-corrected chi connectivity index (χ2v) is 8.78. The van der Waals surface area contributed by atoms with Crippen LogP contribution < -0.4 is 0 Å². The molecule has 5 nitrogen and oxygen atoms in total. The SMILES string of the molecule is C=CCCCCCOC(=O)C(C)CCCC(C)CCCC(C)CCC(=O)OC(C)=O. The smallest absolute Gasteiger partial charge is 0.313 e. The summed E-state index contributed by atoms with van der Waals surface area (Å²) in [6, 6.07) is 0. The van der Waals surface area contributed by atoms with Crippen LogP contribution in [-0.4, -0.2) is 24.5 Å². The van der Waals surface area contributed by atoms with Crippen LogP contribution in [-0.2, 0) is 23.9 Å². The van der Waals surface area contributed by atoms with E-state index in [4.69, 9.17) is 4.74 Å². The molecular weight excluding hydrogens is 380 g/mol. The fourth-order valence-corrected chi connectivity index (χ4v) is 3.45. The van der Waals surface area contributed by atoms with Crippen LogP contribution in [0.2, 0.25) is 0 Å². The quantitative estimate of drug-likeness (QED) is 0.110. The molecule has 30 heavy (non-hydrogen) atoms. The summed E-state index contributed by atoms with van der Waals surface area (Å²) in [7, 11) is 0. The zero-order valence-corrected chi connectivity index (χ0v) is 19.8. The number of unbranched alkanes of at least 4 members (excludes halogenated alkanes) is 3. The minimum Gasteiger partial charge on any atom is -0.465 e. The van der Waals surface area contributed by atoms with Crippen LogP contribution in [0.15, 0.2) is 12.7 Å². The van der Waals surface area contributed by atoms with Crippen LogP contribution in [0.1, 0.15) is 105 Å². The highest BCUT2D eigenvalue weighted by atomic mass is 16.6. The molecule has 0 aliphatic heterocycles. The molecule has 174 valence electrons. The molecule has 3 atom stereocenters. The van der Waals surface area contributed by atoms with Crippen LogP contribution in [0, 0.1) is 17.8 Å². The average molecular weight is 425 g/mol. The number of esters is 3. The Morgan fingerprint density at radius 3 is 2.03 bits per heavy atom. The highest BCUT2D eigenvalue weighted by molar-refractivity contribution is 5.83. The van der Waals surface area contributed by atoms with Gasteiger partial charge in [-0.15, -0.1) is 6.58 Å². The van der Waals surface area contributed by atoms with Gasteiger partial charge in [0.2, 0.25) is 0 Å². The molecule has 0 N–H and O–H groups in total. The molecule has 0 aliphatic carbocycles. The molecule has 0 rings (SSSR count). The van der Waals surface area contributed by atoms with E-state index in [1.54, 1.807) is 0 Å². The zero-order valence-electron chi connectivity index (χ0n) is 19.8. The highest BCUT2D eigenvalue weighted by Crippen LogP contribution is 2.21. The Balaban J connectivity index is 3.72. The number of carbonyl (C=O) groups is 3. The first-order chi connectivity index (χ1) is 14.3. The summed E-state index contributed by atoms with van der Waals surface area (Å²) in [5.74, 6) is 0.0197. The van der Waals surface area contributed by atoms with Crippen LogP contribution in [0.3, 0.4) is 0 Å². The van der Waals surface area contributed by atoms with Crippen molar-refractivity contribution in [1.82, 2.24) is 0 Å². The molecule has 0 aromatic carbocycles. The normalized spacial score (nSPS) is 13.9. The highest BCUT2D eigenvalue weighted by Gasteiger charge is 2.15. The summed E-state index contributed by atoms with van der Waals surface area (Å²) in [6.07, 6.45) is 13.5. The third-order valence-corrected chi connectivity index (χ3v) is 5.53. The molecular formula is C25H44O5. The maximum atomic E-state index is 12.0. The molecule has 0 radical (unpaired) electrons. The molecule has 0 saturated heterocycles. The first-order valence-electron chi connectivity index (χ1n) is 11.7. The topological polar surface area (TPSA) is 69.7 Å². The van der Waals surface area contributed by atoms with Crippen molar-refractivity contribution in [2.75, 3.05) is 6.61 Å². The van der Waals surface area contributed by atoms with Crippen LogP contribution in [0.5, 0.6) is 0 Å². The minimum absolute atomic E-state index is 0.0276. The summed E-state index contributed by atoms with van der Waals surface area (Å²) in [5.41, 5.74) is 0. The predicted molar refractivity (Wildman–Crippen MR) is 121 cm³/mol. The van der Waals surface area contributed by atoms with Crippen molar-refractivity contribution in [2.24, 2.45) is 17.8 Å². The lowest BCUT2D eigenvalue weighted by Crippen LogP contribution is -2.15. The molecule has 3 unspecified atom stereocenters. The zero-order chi connectivity index (χ0) is 22.8. The molecule has 0 saturated carbocycles. The Morgan fingerprint density at radius 1 is 0.833 bits per heavy atom. The van der Waals surface area contributed by atoms with Gasteiger partial charge in [0.05, 0.1) is 12.5 Å². The van der Waals surface area contributed by atoms with Gasteiger partial charge in [0.1, 0.15) is 0 Å². The second kappa shape index (κ2) is 18.1. The van der Waals surface area contributed by atoms with Crippen molar-refractivity contribution in [3.63, 3.8) is 0 Å². The molecule has 0 fully saturated rings. The fraction of sp³-hybridized carbons (Fsp3) is 0.800. The van der Waals surface area contributed by atoms with Crippen molar-refractivity contribution in [3.8, 4) is 0 Å². The van der Waals surface area contributed by atoms with Gasteiger partial charge in [0.15, 0.2) is 0 Å². The summed E-state index contributed by atoms with van der Waals surface area (Å²) in [5, 5.41) is 0. The predicted octanol–water partition coefficient (Wildman–Crippen LogP) is 6.39. The standard InChI is InChI=1S/C25H44O5/c1-6-7-8-9-10-19-29-25(28)22(4)16-12-15-20(2)13-11-14-21(3)17-18-24(27)30-23(5)26/h6,20-22H,1,7-19H2,2-5H3. The number of rotatable bonds is 18. The van der Waals surface area contributed by atoms with E-state index in [9.17, 15) is 14.4 Å². The van der Waals surface area contributed by atoms with Gasteiger partial charge in [0, 0.05) is 13.3 Å². The lowest BCUT2D eigenvalue weighted by atomic mass is 9.92. The monoisotopic (exact) mass is 424 g/mol. The molecule has 5 heteroatoms. The maximum absolute atomic E-state index is 12.0. The third-order valence-electron chi connectivity index (χ3n) is 5.53. The average Bonchev–Trinajstić information content (AvgIpc) is 2.68. The third kappa shape index (κ3) is 17.2. The number of hydrogen-bond donors (Lipinski definition) is 0. The first-order valence-corrected chi connectivity index (χ1v) is 11.7. The fourth-order valence-electron chi connectivity index (χ4n) is 3.45. The van der Waals surface area contributed by atoms with E-state index in [0.717, 1.165) is 70.6 Å². The minimum atomic E-state index is -0.539. The first kappa shape index (κ1) is 28.4. The molecule has 0 aromatic heterocycles. The lowest BCUT2D eigenvalue weighted by molar-refractivity contribution is -0.158. The molecule has 0 aliphatic rings. The summed E-state index contributed by atoms with van der Waals surface area (Å²) >= 11 is 0. The van der Waals surface area contributed by atoms with E-state index in [-0.39, 0.29) is 11.9 Å². The lowest BCUT2D eigenvalue weighted by Gasteiger charge is -2.15. The largest absolute Gasteiger partial charge is 0.465 e. The van der Waals surface area contributed by atoms with Gasteiger partial charge in [0.25, 0.3) is 0 Å². The Hall–Kier alpha value is -1.65. The van der Waals surface area contributed by atoms with Gasteiger partial charge in [-0.3, -0.25) is 14.4 Å². The van der Waals surface area contributed by atoms with Gasteiger partial charge in [-0.25, -0.2) is 0 Å². The Labute approximate surface area is 184 Å². The Morgan fingerprint density at radius 2 is 1.43 bits per heavy atom. The van der Waals surface area contributed by atoms with Crippen molar-refractivity contribution in [1.29, 1.82) is 0 Å². The second-order valence-electron chi connectivity index (χ2n) is 8.78. The molecule has 0 amide bonds. The number of carbonyl (C=O) groups excluding carboxylic acids is 3. The van der Waals surface area contributed by atoms with Crippen LogP contribution in [0.4, 0.5) is 0 Å². The van der Waals surface area contributed by atoms with Gasteiger partial charge < -0.3 is 9.47 Å². The van der Waals surface area contributed by atoms with Crippen molar-refractivity contribution < 1.29 is 23.9 Å². The van der Waals surface area contributed by atoms with Gasteiger partial charge in [-0.2, -0.15) is 0 Å². The van der Waals surface area contributed by atoms with E-state index in [1.807, 2.05) is 13.0 Å². The molecule has 0 spiro atoms. The molecule has 0 heterocycles. The van der Waals surface area contributed by atoms with Gasteiger partial charge >= 0.3 is 17.9 Å². The van der Waals surface area contributed by atoms with Crippen molar-refractivity contribution >= 4 is 17.9 Å². The maximum Gasteiger partial charge on any atom is 0.313 e. The van der Waals surface area contributed by atoms with E-state index >= 15 is 0 Å². The van der Waals surface area contributed by atoms with E-state index in [0.29, 0.717) is 24.9 Å². The summed E-state index contributed by atoms with van der Waals surface area (Å²) < 4.78 is 9.93. The van der Waals surface area contributed by atoms with E-state index < -0.39 is 11.9 Å². The van der Waals surface area contributed by atoms with E-state index in [2.05, 4.69) is 25.2 Å². The van der Waals surface area contributed by atoms with Crippen molar-refractivity contribution in [2.45, 2.75) is 105 Å². The summed E-state index contributed by atoms with van der Waals surface area (Å²) in [4.78, 5) is 34.2.